The number of phenolic OH excluding ortho intramolecular Hbond substituents is 2. The van der Waals surface area contributed by atoms with Crippen LogP contribution in [0.25, 0.3) is 0 Å². The summed E-state index contributed by atoms with van der Waals surface area (Å²) in [6, 6.07) is 11.5. The minimum absolute atomic E-state index is 0.146. The van der Waals surface area contributed by atoms with Gasteiger partial charge in [-0.3, -0.25) is 19.7 Å². The Bertz CT molecular complexity index is 1460. The number of phenols is 2. The first-order valence-corrected chi connectivity index (χ1v) is 10.7. The summed E-state index contributed by atoms with van der Waals surface area (Å²) in [7, 11) is 0. The molecule has 0 spiro atoms. The second-order valence-corrected chi connectivity index (χ2v) is 8.14. The Kier molecular flexibility index (Phi) is 6.26. The summed E-state index contributed by atoms with van der Waals surface area (Å²) >= 11 is 0. The van der Waals surface area contributed by atoms with Crippen LogP contribution in [0.2, 0.25) is 0 Å². The number of nitro benzene ring substituents is 1. The molecule has 0 saturated heterocycles. The minimum atomic E-state index is -0.901. The summed E-state index contributed by atoms with van der Waals surface area (Å²) in [6.45, 7) is 5.25. The fourth-order valence-corrected chi connectivity index (χ4v) is 3.90. The largest absolute Gasteiger partial charge is 0.507 e. The molecule has 0 aliphatic heterocycles. The topological polar surface area (TPSA) is 156 Å². The van der Waals surface area contributed by atoms with Gasteiger partial charge in [0.2, 0.25) is 11.6 Å². The van der Waals surface area contributed by atoms with Crippen LogP contribution in [0, 0.1) is 10.1 Å². The molecule has 4 rings (SSSR count). The molecule has 3 aromatic rings. The number of ether oxygens (including phenoxy) is 1. The van der Waals surface area contributed by atoms with Gasteiger partial charge in [0.15, 0.2) is 0 Å². The summed E-state index contributed by atoms with van der Waals surface area (Å²) < 4.78 is 5.08. The van der Waals surface area contributed by atoms with Crippen LogP contribution in [0.3, 0.4) is 0 Å². The minimum Gasteiger partial charge on any atom is -0.507 e. The molecular weight excluding hydrogens is 468 g/mol. The van der Waals surface area contributed by atoms with Gasteiger partial charge in [-0.05, 0) is 42.8 Å². The molecular formula is C26H20N2O8. The SMILES string of the molecule is C=C(C)C(=O)OCCc1ccc(Nc2ccc(O)c3c2C(=O)c2c([N+](=O)[O-])ccc(O)c2C3=O)cc1. The zero-order valence-electron chi connectivity index (χ0n) is 19.0. The number of anilines is 2. The van der Waals surface area contributed by atoms with E-state index in [2.05, 4.69) is 11.9 Å². The third-order valence-electron chi connectivity index (χ3n) is 5.65. The van der Waals surface area contributed by atoms with Gasteiger partial charge < -0.3 is 20.3 Å². The lowest BCUT2D eigenvalue weighted by atomic mass is 9.81. The van der Waals surface area contributed by atoms with Crippen LogP contribution in [0.1, 0.15) is 44.3 Å². The van der Waals surface area contributed by atoms with Crippen molar-refractivity contribution in [3.8, 4) is 11.5 Å². The van der Waals surface area contributed by atoms with Crippen LogP contribution in [0.4, 0.5) is 17.1 Å². The number of hydrogen-bond acceptors (Lipinski definition) is 9. The van der Waals surface area contributed by atoms with Gasteiger partial charge in [-0.15, -0.1) is 0 Å². The van der Waals surface area contributed by atoms with E-state index < -0.39 is 50.8 Å². The Balaban J connectivity index is 1.66. The van der Waals surface area contributed by atoms with E-state index in [4.69, 9.17) is 4.74 Å². The van der Waals surface area contributed by atoms with Gasteiger partial charge in [-0.2, -0.15) is 0 Å². The molecule has 0 radical (unpaired) electrons. The number of esters is 1. The first-order chi connectivity index (χ1) is 17.1. The van der Waals surface area contributed by atoms with E-state index in [-0.39, 0.29) is 23.4 Å². The van der Waals surface area contributed by atoms with Crippen molar-refractivity contribution in [1.29, 1.82) is 0 Å². The van der Waals surface area contributed by atoms with Crippen molar-refractivity contribution >= 4 is 34.6 Å². The lowest BCUT2D eigenvalue weighted by molar-refractivity contribution is -0.385. The molecule has 3 aromatic carbocycles. The summed E-state index contributed by atoms with van der Waals surface area (Å²) in [6.07, 6.45) is 0.463. The highest BCUT2D eigenvalue weighted by atomic mass is 16.6. The molecule has 0 fully saturated rings. The third-order valence-corrected chi connectivity index (χ3v) is 5.65. The van der Waals surface area contributed by atoms with Crippen molar-refractivity contribution in [3.05, 3.63) is 98.6 Å². The molecule has 10 nitrogen and oxygen atoms in total. The number of carbonyl (C=O) groups excluding carboxylic acids is 3. The lowest BCUT2D eigenvalue weighted by Crippen LogP contribution is -2.23. The summed E-state index contributed by atoms with van der Waals surface area (Å²) in [5.74, 6) is -3.34. The molecule has 3 N–H and O–H groups in total. The number of carbonyl (C=O) groups is 3. The first kappa shape index (κ1) is 24.1. The average molecular weight is 488 g/mol. The van der Waals surface area contributed by atoms with Gasteiger partial charge in [0.25, 0.3) is 5.69 Å². The quantitative estimate of drug-likeness (QED) is 0.114. The van der Waals surface area contributed by atoms with Gasteiger partial charge in [-0.25, -0.2) is 4.79 Å². The van der Waals surface area contributed by atoms with Crippen LogP contribution >= 0.6 is 0 Å². The number of nitrogens with zero attached hydrogens (tertiary/aromatic N) is 1. The Morgan fingerprint density at radius 1 is 0.944 bits per heavy atom. The van der Waals surface area contributed by atoms with E-state index in [9.17, 15) is 34.7 Å². The van der Waals surface area contributed by atoms with E-state index >= 15 is 0 Å². The van der Waals surface area contributed by atoms with Crippen molar-refractivity contribution in [3.63, 3.8) is 0 Å². The van der Waals surface area contributed by atoms with Crippen molar-refractivity contribution in [1.82, 2.24) is 0 Å². The summed E-state index contributed by atoms with van der Waals surface area (Å²) in [5, 5.41) is 35.1. The van der Waals surface area contributed by atoms with Gasteiger partial charge in [-0.1, -0.05) is 18.7 Å². The van der Waals surface area contributed by atoms with E-state index in [0.29, 0.717) is 17.7 Å². The lowest BCUT2D eigenvalue weighted by Gasteiger charge is -2.22. The fraction of sp³-hybridized carbons (Fsp3) is 0.115. The van der Waals surface area contributed by atoms with E-state index in [1.807, 2.05) is 0 Å². The molecule has 10 heteroatoms. The van der Waals surface area contributed by atoms with Gasteiger partial charge in [0.1, 0.15) is 17.1 Å². The number of ketones is 2. The highest BCUT2D eigenvalue weighted by molar-refractivity contribution is 6.33. The molecule has 36 heavy (non-hydrogen) atoms. The molecule has 1 aliphatic rings. The maximum absolute atomic E-state index is 13.4. The fourth-order valence-electron chi connectivity index (χ4n) is 3.90. The Morgan fingerprint density at radius 2 is 1.53 bits per heavy atom. The molecule has 0 unspecified atom stereocenters. The zero-order valence-corrected chi connectivity index (χ0v) is 19.0. The van der Waals surface area contributed by atoms with Crippen LogP contribution in [-0.4, -0.2) is 39.3 Å². The predicted molar refractivity (Wildman–Crippen MR) is 129 cm³/mol. The number of nitrogens with one attached hydrogen (secondary N) is 1. The third kappa shape index (κ3) is 4.27. The van der Waals surface area contributed by atoms with Crippen LogP contribution in [-0.2, 0) is 16.0 Å². The van der Waals surface area contributed by atoms with Gasteiger partial charge >= 0.3 is 5.97 Å². The molecule has 1 aliphatic carbocycles. The highest BCUT2D eigenvalue weighted by Crippen LogP contribution is 2.43. The number of hydrogen-bond donors (Lipinski definition) is 3. The number of benzene rings is 3. The summed E-state index contributed by atoms with van der Waals surface area (Å²) in [4.78, 5) is 48.8. The van der Waals surface area contributed by atoms with Crippen molar-refractivity contribution in [2.24, 2.45) is 0 Å². The number of rotatable bonds is 7. The number of nitro groups is 1. The maximum atomic E-state index is 13.4. The molecule has 0 atom stereocenters. The first-order valence-electron chi connectivity index (χ1n) is 10.7. The Labute approximate surface area is 204 Å². The molecule has 0 aromatic heterocycles. The normalized spacial score (nSPS) is 11.9. The summed E-state index contributed by atoms with van der Waals surface area (Å²) in [5.41, 5.74) is -0.428. The van der Waals surface area contributed by atoms with Gasteiger partial charge in [0, 0.05) is 23.7 Å². The Morgan fingerprint density at radius 3 is 2.14 bits per heavy atom. The smallest absolute Gasteiger partial charge is 0.333 e. The number of fused-ring (bicyclic) bond motifs is 2. The molecule has 182 valence electrons. The van der Waals surface area contributed by atoms with Gasteiger partial charge in [0.05, 0.1) is 33.9 Å². The van der Waals surface area contributed by atoms with Crippen molar-refractivity contribution in [2.75, 3.05) is 11.9 Å². The zero-order chi connectivity index (χ0) is 26.1. The van der Waals surface area contributed by atoms with E-state index in [1.165, 1.54) is 12.1 Å². The standard InChI is InChI=1S/C26H20N2O8/c1-13(2)26(33)36-12-11-14-3-5-15(6-4-14)27-16-7-9-18(29)22-20(16)24(31)21-17(28(34)35)8-10-19(30)23(21)25(22)32/h3-10,27,29-30H,1,11-12H2,2H3. The number of aromatic hydroxyl groups is 2. The van der Waals surface area contributed by atoms with Crippen LogP contribution in [0.15, 0.2) is 60.7 Å². The molecule has 0 bridgehead atoms. The van der Waals surface area contributed by atoms with Crippen molar-refractivity contribution in [2.45, 2.75) is 13.3 Å². The highest BCUT2D eigenvalue weighted by Gasteiger charge is 2.40. The van der Waals surface area contributed by atoms with Crippen LogP contribution < -0.4 is 5.32 Å². The second kappa shape index (κ2) is 9.34. The molecule has 0 saturated carbocycles. The maximum Gasteiger partial charge on any atom is 0.333 e. The van der Waals surface area contributed by atoms with Crippen molar-refractivity contribution < 1.29 is 34.3 Å². The van der Waals surface area contributed by atoms with E-state index in [0.717, 1.165) is 17.7 Å². The average Bonchev–Trinajstić information content (AvgIpc) is 2.84. The Hall–Kier alpha value is -4.99. The monoisotopic (exact) mass is 488 g/mol. The second-order valence-electron chi connectivity index (χ2n) is 8.14. The predicted octanol–water partition coefficient (Wildman–Crippen LogP) is 4.19. The van der Waals surface area contributed by atoms with Crippen LogP contribution in [0.5, 0.6) is 11.5 Å². The molecule has 0 heterocycles. The molecule has 0 amide bonds. The van der Waals surface area contributed by atoms with E-state index in [1.54, 1.807) is 31.2 Å².